The first kappa shape index (κ1) is 12.9. The van der Waals surface area contributed by atoms with Gasteiger partial charge in [-0.15, -0.1) is 0 Å². The smallest absolute Gasteiger partial charge is 0.408 e. The van der Waals surface area contributed by atoms with Crippen LogP contribution in [0.5, 0.6) is 0 Å². The predicted octanol–water partition coefficient (Wildman–Crippen LogP) is 1.08. The van der Waals surface area contributed by atoms with E-state index in [1.807, 2.05) is 20.8 Å². The molecule has 1 aromatic heterocycles. The van der Waals surface area contributed by atoms with Crippen molar-refractivity contribution in [2.75, 3.05) is 6.54 Å². The normalized spacial score (nSPS) is 15.1. The molecule has 1 aliphatic rings. The Bertz CT molecular complexity index is 410. The Morgan fingerprint density at radius 1 is 1.50 bits per heavy atom. The number of nitrogens with one attached hydrogen (secondary N) is 3. The van der Waals surface area contributed by atoms with Crippen molar-refractivity contribution in [2.45, 2.75) is 45.9 Å². The van der Waals surface area contributed by atoms with E-state index in [4.69, 9.17) is 4.74 Å². The van der Waals surface area contributed by atoms with Gasteiger partial charge in [0.2, 0.25) is 0 Å². The molecule has 1 aliphatic heterocycles. The zero-order valence-electron chi connectivity index (χ0n) is 11.1. The van der Waals surface area contributed by atoms with Crippen molar-refractivity contribution in [3.63, 3.8) is 0 Å². The van der Waals surface area contributed by atoms with Gasteiger partial charge < -0.3 is 20.4 Å². The second-order valence-electron chi connectivity index (χ2n) is 5.39. The fourth-order valence-electron chi connectivity index (χ4n) is 1.83. The van der Waals surface area contributed by atoms with Crippen molar-refractivity contribution >= 4 is 6.09 Å². The molecule has 0 aliphatic carbocycles. The number of hydrogen-bond donors (Lipinski definition) is 3. The summed E-state index contributed by atoms with van der Waals surface area (Å²) in [7, 11) is 0. The number of H-pyrrole nitrogens is 1. The first-order chi connectivity index (χ1) is 8.44. The Morgan fingerprint density at radius 3 is 2.94 bits per heavy atom. The SMILES string of the molecule is CC(C)(C)OC(=O)NCc1nc2c([nH]1)CNCC2. The number of amides is 1. The zero-order valence-corrected chi connectivity index (χ0v) is 11.1. The number of ether oxygens (including phenoxy) is 1. The maximum Gasteiger partial charge on any atom is 0.408 e. The van der Waals surface area contributed by atoms with Crippen LogP contribution < -0.4 is 10.6 Å². The molecule has 0 saturated heterocycles. The van der Waals surface area contributed by atoms with Crippen LogP contribution in [0.3, 0.4) is 0 Å². The number of rotatable bonds is 2. The minimum Gasteiger partial charge on any atom is -0.444 e. The molecule has 18 heavy (non-hydrogen) atoms. The Labute approximate surface area is 107 Å². The van der Waals surface area contributed by atoms with Crippen molar-refractivity contribution in [2.24, 2.45) is 0 Å². The molecule has 0 fully saturated rings. The molecule has 0 spiro atoms. The molecule has 2 rings (SSSR count). The highest BCUT2D eigenvalue weighted by Crippen LogP contribution is 2.11. The van der Waals surface area contributed by atoms with Crippen LogP contribution in [0.4, 0.5) is 4.79 Å². The standard InChI is InChI=1S/C12H20N4O2/c1-12(2,3)18-11(17)14-7-10-15-8-4-5-13-6-9(8)16-10/h13H,4-7H2,1-3H3,(H,14,17)(H,15,16). The molecule has 1 amide bonds. The van der Waals surface area contributed by atoms with E-state index in [1.54, 1.807) is 0 Å². The lowest BCUT2D eigenvalue weighted by Gasteiger charge is -2.19. The average Bonchev–Trinajstić information content (AvgIpc) is 2.66. The zero-order chi connectivity index (χ0) is 13.2. The van der Waals surface area contributed by atoms with Gasteiger partial charge in [0, 0.05) is 19.5 Å². The molecular weight excluding hydrogens is 232 g/mol. The van der Waals surface area contributed by atoms with Gasteiger partial charge >= 0.3 is 6.09 Å². The highest BCUT2D eigenvalue weighted by Gasteiger charge is 2.17. The summed E-state index contributed by atoms with van der Waals surface area (Å²) < 4.78 is 5.16. The van der Waals surface area contributed by atoms with Crippen LogP contribution >= 0.6 is 0 Å². The summed E-state index contributed by atoms with van der Waals surface area (Å²) in [6.07, 6.45) is 0.508. The van der Waals surface area contributed by atoms with Gasteiger partial charge in [0.05, 0.1) is 17.9 Å². The van der Waals surface area contributed by atoms with Gasteiger partial charge in [-0.2, -0.15) is 0 Å². The third-order valence-electron chi connectivity index (χ3n) is 2.55. The second-order valence-corrected chi connectivity index (χ2v) is 5.39. The third-order valence-corrected chi connectivity index (χ3v) is 2.55. The molecule has 3 N–H and O–H groups in total. The van der Waals surface area contributed by atoms with E-state index >= 15 is 0 Å². The van der Waals surface area contributed by atoms with Crippen LogP contribution in [-0.4, -0.2) is 28.2 Å². The van der Waals surface area contributed by atoms with Crippen LogP contribution in [0.1, 0.15) is 38.0 Å². The van der Waals surface area contributed by atoms with Crippen molar-refractivity contribution in [3.05, 3.63) is 17.2 Å². The fourth-order valence-corrected chi connectivity index (χ4v) is 1.83. The maximum atomic E-state index is 11.5. The van der Waals surface area contributed by atoms with Crippen LogP contribution in [0, 0.1) is 0 Å². The molecule has 0 radical (unpaired) electrons. The van der Waals surface area contributed by atoms with Gasteiger partial charge in [0.1, 0.15) is 11.4 Å². The van der Waals surface area contributed by atoms with E-state index in [0.29, 0.717) is 6.54 Å². The molecule has 1 aromatic rings. The monoisotopic (exact) mass is 252 g/mol. The summed E-state index contributed by atoms with van der Waals surface area (Å²) in [4.78, 5) is 19.1. The first-order valence-electron chi connectivity index (χ1n) is 6.18. The molecule has 2 heterocycles. The lowest BCUT2D eigenvalue weighted by Crippen LogP contribution is -2.32. The van der Waals surface area contributed by atoms with Crippen LogP contribution in [-0.2, 0) is 24.2 Å². The lowest BCUT2D eigenvalue weighted by molar-refractivity contribution is 0.0522. The lowest BCUT2D eigenvalue weighted by atomic mass is 10.2. The molecule has 0 atom stereocenters. The Balaban J connectivity index is 1.87. The van der Waals surface area contributed by atoms with E-state index < -0.39 is 11.7 Å². The molecule has 100 valence electrons. The van der Waals surface area contributed by atoms with Gasteiger partial charge in [-0.1, -0.05) is 0 Å². The number of alkyl carbamates (subject to hydrolysis) is 1. The molecule has 0 bridgehead atoms. The van der Waals surface area contributed by atoms with Crippen molar-refractivity contribution in [1.82, 2.24) is 20.6 Å². The quantitative estimate of drug-likeness (QED) is 0.736. The summed E-state index contributed by atoms with van der Waals surface area (Å²) in [5, 5.41) is 5.96. The summed E-state index contributed by atoms with van der Waals surface area (Å²) in [6.45, 7) is 7.64. The van der Waals surface area contributed by atoms with Crippen LogP contribution in [0.15, 0.2) is 0 Å². The van der Waals surface area contributed by atoms with E-state index in [0.717, 1.165) is 36.7 Å². The molecule has 6 nitrogen and oxygen atoms in total. The molecule has 0 saturated carbocycles. The van der Waals surface area contributed by atoms with Crippen molar-refractivity contribution in [3.8, 4) is 0 Å². The number of carbonyl (C=O) groups excluding carboxylic acids is 1. The number of nitrogens with zero attached hydrogens (tertiary/aromatic N) is 1. The summed E-state index contributed by atoms with van der Waals surface area (Å²) in [6, 6.07) is 0. The van der Waals surface area contributed by atoms with Gasteiger partial charge in [0.15, 0.2) is 0 Å². The highest BCUT2D eigenvalue weighted by atomic mass is 16.6. The van der Waals surface area contributed by atoms with Crippen molar-refractivity contribution in [1.29, 1.82) is 0 Å². The Hall–Kier alpha value is -1.56. The second kappa shape index (κ2) is 4.97. The van der Waals surface area contributed by atoms with Gasteiger partial charge in [-0.3, -0.25) is 0 Å². The minimum atomic E-state index is -0.476. The highest BCUT2D eigenvalue weighted by molar-refractivity contribution is 5.67. The summed E-state index contributed by atoms with van der Waals surface area (Å²) in [5.41, 5.74) is 1.73. The van der Waals surface area contributed by atoms with Gasteiger partial charge in [-0.05, 0) is 20.8 Å². The maximum absolute atomic E-state index is 11.5. The average molecular weight is 252 g/mol. The first-order valence-corrected chi connectivity index (χ1v) is 6.18. The predicted molar refractivity (Wildman–Crippen MR) is 67.1 cm³/mol. The third kappa shape index (κ3) is 3.46. The van der Waals surface area contributed by atoms with E-state index in [-0.39, 0.29) is 0 Å². The number of aromatic nitrogens is 2. The molecular formula is C12H20N4O2. The molecule has 0 unspecified atom stereocenters. The Morgan fingerprint density at radius 2 is 2.28 bits per heavy atom. The number of carbonyl (C=O) groups is 1. The fraction of sp³-hybridized carbons (Fsp3) is 0.667. The number of imidazole rings is 1. The largest absolute Gasteiger partial charge is 0.444 e. The van der Waals surface area contributed by atoms with Gasteiger partial charge in [0.25, 0.3) is 0 Å². The van der Waals surface area contributed by atoms with E-state index in [9.17, 15) is 4.79 Å². The van der Waals surface area contributed by atoms with E-state index in [2.05, 4.69) is 20.6 Å². The van der Waals surface area contributed by atoms with E-state index in [1.165, 1.54) is 0 Å². The summed E-state index contributed by atoms with van der Waals surface area (Å²) in [5.74, 6) is 0.773. The number of fused-ring (bicyclic) bond motifs is 1. The molecule has 6 heteroatoms. The van der Waals surface area contributed by atoms with Crippen molar-refractivity contribution < 1.29 is 9.53 Å². The van der Waals surface area contributed by atoms with Crippen LogP contribution in [0.25, 0.3) is 0 Å². The number of aromatic amines is 1. The Kier molecular flexibility index (Phi) is 3.56. The van der Waals surface area contributed by atoms with Gasteiger partial charge in [-0.25, -0.2) is 9.78 Å². The minimum absolute atomic E-state index is 0.363. The topological polar surface area (TPSA) is 79.0 Å². The summed E-state index contributed by atoms with van der Waals surface area (Å²) >= 11 is 0. The van der Waals surface area contributed by atoms with Crippen LogP contribution in [0.2, 0.25) is 0 Å². The molecule has 0 aromatic carbocycles. The number of hydrogen-bond acceptors (Lipinski definition) is 4.